The molecule has 0 spiro atoms. The Bertz CT molecular complexity index is 365. The predicted octanol–water partition coefficient (Wildman–Crippen LogP) is 2.31. The van der Waals surface area contributed by atoms with Gasteiger partial charge < -0.3 is 15.4 Å². The number of halogens is 1. The van der Waals surface area contributed by atoms with Crippen LogP contribution in [0.3, 0.4) is 0 Å². The van der Waals surface area contributed by atoms with E-state index in [1.807, 2.05) is 0 Å². The number of hydrogen-bond donors (Lipinski definition) is 2. The number of nitrogens with one attached hydrogen (secondary N) is 2. The molecule has 0 aliphatic carbocycles. The molecular formula is C14H24IN3O. The molecular weight excluding hydrogens is 353 g/mol. The summed E-state index contributed by atoms with van der Waals surface area (Å²) in [7, 11) is 3.49. The Balaban J connectivity index is 0.00000324. The molecule has 108 valence electrons. The van der Waals surface area contributed by atoms with Crippen molar-refractivity contribution in [3.05, 3.63) is 35.4 Å². The van der Waals surface area contributed by atoms with Crippen molar-refractivity contribution in [1.82, 2.24) is 10.6 Å². The number of methoxy groups -OCH3 is 1. The summed E-state index contributed by atoms with van der Waals surface area (Å²) in [5, 5.41) is 6.52. The van der Waals surface area contributed by atoms with Crippen LogP contribution in [0, 0.1) is 6.92 Å². The van der Waals surface area contributed by atoms with Gasteiger partial charge in [-0.25, -0.2) is 0 Å². The molecule has 0 saturated heterocycles. The molecule has 0 bridgehead atoms. The van der Waals surface area contributed by atoms with Crippen LogP contribution >= 0.6 is 24.0 Å². The van der Waals surface area contributed by atoms with Gasteiger partial charge in [-0.1, -0.05) is 29.8 Å². The van der Waals surface area contributed by atoms with Gasteiger partial charge >= 0.3 is 0 Å². The highest BCUT2D eigenvalue weighted by Gasteiger charge is 1.97. The molecule has 1 rings (SSSR count). The lowest BCUT2D eigenvalue weighted by Gasteiger charge is -2.11. The first-order valence-corrected chi connectivity index (χ1v) is 6.25. The molecule has 1 aromatic carbocycles. The van der Waals surface area contributed by atoms with Gasteiger partial charge in [0.05, 0.1) is 0 Å². The van der Waals surface area contributed by atoms with Gasteiger partial charge in [-0.3, -0.25) is 4.99 Å². The average Bonchev–Trinajstić information content (AvgIpc) is 2.40. The van der Waals surface area contributed by atoms with Crippen LogP contribution in [-0.2, 0) is 11.3 Å². The zero-order valence-corrected chi connectivity index (χ0v) is 14.2. The number of guanidine groups is 1. The lowest BCUT2D eigenvalue weighted by molar-refractivity contribution is 0.195. The van der Waals surface area contributed by atoms with Crippen molar-refractivity contribution < 1.29 is 4.74 Å². The van der Waals surface area contributed by atoms with Crippen LogP contribution in [0.1, 0.15) is 17.5 Å². The van der Waals surface area contributed by atoms with Crippen LogP contribution in [0.4, 0.5) is 0 Å². The SMILES string of the molecule is CN=C(NCCCOC)NCc1ccc(C)cc1.I. The minimum atomic E-state index is 0. The molecule has 0 saturated carbocycles. The highest BCUT2D eigenvalue weighted by atomic mass is 127. The summed E-state index contributed by atoms with van der Waals surface area (Å²) < 4.78 is 5.00. The maximum absolute atomic E-state index is 5.00. The van der Waals surface area contributed by atoms with Gasteiger partial charge in [0.15, 0.2) is 5.96 Å². The third kappa shape index (κ3) is 8.05. The number of aliphatic imine (C=N–C) groups is 1. The molecule has 0 atom stereocenters. The highest BCUT2D eigenvalue weighted by molar-refractivity contribution is 14.0. The van der Waals surface area contributed by atoms with Crippen LogP contribution in [-0.4, -0.2) is 33.3 Å². The second-order valence-electron chi connectivity index (χ2n) is 4.18. The minimum Gasteiger partial charge on any atom is -0.385 e. The highest BCUT2D eigenvalue weighted by Crippen LogP contribution is 2.02. The van der Waals surface area contributed by atoms with Crippen molar-refractivity contribution in [2.24, 2.45) is 4.99 Å². The lowest BCUT2D eigenvalue weighted by Crippen LogP contribution is -2.37. The fraction of sp³-hybridized carbons (Fsp3) is 0.500. The number of rotatable bonds is 6. The normalized spacial score (nSPS) is 10.8. The Morgan fingerprint density at radius 3 is 2.47 bits per heavy atom. The summed E-state index contributed by atoms with van der Waals surface area (Å²) >= 11 is 0. The topological polar surface area (TPSA) is 45.7 Å². The van der Waals surface area contributed by atoms with E-state index in [1.54, 1.807) is 14.2 Å². The van der Waals surface area contributed by atoms with Crippen LogP contribution in [0.15, 0.2) is 29.3 Å². The Kier molecular flexibility index (Phi) is 10.6. The first kappa shape index (κ1) is 18.2. The third-order valence-electron chi connectivity index (χ3n) is 2.62. The van der Waals surface area contributed by atoms with E-state index in [4.69, 9.17) is 4.74 Å². The second kappa shape index (κ2) is 11.0. The lowest BCUT2D eigenvalue weighted by atomic mass is 10.1. The van der Waals surface area contributed by atoms with Crippen molar-refractivity contribution in [2.75, 3.05) is 27.3 Å². The van der Waals surface area contributed by atoms with Gasteiger partial charge in [-0.2, -0.15) is 0 Å². The van der Waals surface area contributed by atoms with E-state index in [0.29, 0.717) is 0 Å². The molecule has 0 fully saturated rings. The van der Waals surface area contributed by atoms with Gasteiger partial charge in [0.1, 0.15) is 0 Å². The smallest absolute Gasteiger partial charge is 0.191 e. The molecule has 0 aliphatic heterocycles. The average molecular weight is 377 g/mol. The van der Waals surface area contributed by atoms with Gasteiger partial charge in [-0.05, 0) is 18.9 Å². The van der Waals surface area contributed by atoms with E-state index in [-0.39, 0.29) is 24.0 Å². The molecule has 0 aromatic heterocycles. The first-order chi connectivity index (χ1) is 8.76. The van der Waals surface area contributed by atoms with Crippen molar-refractivity contribution in [3.63, 3.8) is 0 Å². The molecule has 2 N–H and O–H groups in total. The largest absolute Gasteiger partial charge is 0.385 e. The van der Waals surface area contributed by atoms with Crippen LogP contribution < -0.4 is 10.6 Å². The number of aryl methyl sites for hydroxylation is 1. The van der Waals surface area contributed by atoms with E-state index in [1.165, 1.54) is 11.1 Å². The third-order valence-corrected chi connectivity index (χ3v) is 2.62. The zero-order chi connectivity index (χ0) is 13.2. The van der Waals surface area contributed by atoms with Crippen molar-refractivity contribution >= 4 is 29.9 Å². The molecule has 0 amide bonds. The van der Waals surface area contributed by atoms with Crippen molar-refractivity contribution in [1.29, 1.82) is 0 Å². The molecule has 0 aliphatic rings. The first-order valence-electron chi connectivity index (χ1n) is 6.25. The van der Waals surface area contributed by atoms with Gasteiger partial charge in [0.2, 0.25) is 0 Å². The van der Waals surface area contributed by atoms with E-state index < -0.39 is 0 Å². The standard InChI is InChI=1S/C14H23N3O.HI/c1-12-5-7-13(8-6-12)11-17-14(15-2)16-9-4-10-18-3;/h5-8H,4,9-11H2,1-3H3,(H2,15,16,17);1H. The molecule has 19 heavy (non-hydrogen) atoms. The molecule has 0 unspecified atom stereocenters. The number of nitrogens with zero attached hydrogens (tertiary/aromatic N) is 1. The Morgan fingerprint density at radius 2 is 1.89 bits per heavy atom. The van der Waals surface area contributed by atoms with Gasteiger partial charge in [0.25, 0.3) is 0 Å². The van der Waals surface area contributed by atoms with E-state index >= 15 is 0 Å². The predicted molar refractivity (Wildman–Crippen MR) is 91.3 cm³/mol. The van der Waals surface area contributed by atoms with E-state index in [0.717, 1.165) is 32.1 Å². The minimum absolute atomic E-state index is 0. The van der Waals surface area contributed by atoms with Gasteiger partial charge in [-0.15, -0.1) is 24.0 Å². The maximum atomic E-state index is 5.00. The second-order valence-corrected chi connectivity index (χ2v) is 4.18. The summed E-state index contributed by atoms with van der Waals surface area (Å²) in [6.07, 6.45) is 0.974. The zero-order valence-electron chi connectivity index (χ0n) is 11.9. The quantitative estimate of drug-likeness (QED) is 0.346. The maximum Gasteiger partial charge on any atom is 0.191 e. The van der Waals surface area contributed by atoms with Crippen LogP contribution in [0.2, 0.25) is 0 Å². The number of hydrogen-bond acceptors (Lipinski definition) is 2. The van der Waals surface area contributed by atoms with Crippen LogP contribution in [0.25, 0.3) is 0 Å². The Hall–Kier alpha value is -0.820. The van der Waals surface area contributed by atoms with Crippen molar-refractivity contribution in [3.8, 4) is 0 Å². The molecule has 4 nitrogen and oxygen atoms in total. The Morgan fingerprint density at radius 1 is 1.21 bits per heavy atom. The monoisotopic (exact) mass is 377 g/mol. The molecule has 0 radical (unpaired) electrons. The molecule has 0 heterocycles. The number of ether oxygens (including phenoxy) is 1. The molecule has 1 aromatic rings. The summed E-state index contributed by atoms with van der Waals surface area (Å²) in [6, 6.07) is 8.48. The number of benzene rings is 1. The summed E-state index contributed by atoms with van der Waals surface area (Å²) in [5.74, 6) is 0.826. The fourth-order valence-electron chi connectivity index (χ4n) is 1.54. The Labute approximate surface area is 133 Å². The molecule has 5 heteroatoms. The van der Waals surface area contributed by atoms with E-state index in [9.17, 15) is 0 Å². The van der Waals surface area contributed by atoms with E-state index in [2.05, 4.69) is 46.8 Å². The van der Waals surface area contributed by atoms with Crippen molar-refractivity contribution in [2.45, 2.75) is 19.9 Å². The summed E-state index contributed by atoms with van der Waals surface area (Å²) in [5.41, 5.74) is 2.53. The van der Waals surface area contributed by atoms with Crippen LogP contribution in [0.5, 0.6) is 0 Å². The summed E-state index contributed by atoms with van der Waals surface area (Å²) in [6.45, 7) is 4.50. The fourth-order valence-corrected chi connectivity index (χ4v) is 1.54. The summed E-state index contributed by atoms with van der Waals surface area (Å²) in [4.78, 5) is 4.17. The van der Waals surface area contributed by atoms with Gasteiger partial charge in [0, 0.05) is 33.9 Å².